The summed E-state index contributed by atoms with van der Waals surface area (Å²) >= 11 is 0. The SMILES string of the molecule is C[Si](C)(C)c1ccc(-c2cccc(-n3c4ccccc4c4ccccc43)c2)nc1. The lowest BCUT2D eigenvalue weighted by atomic mass is 10.1. The Morgan fingerprint density at radius 1 is 0.690 bits per heavy atom. The normalized spacial score (nSPS) is 12.0. The number of fused-ring (bicyclic) bond motifs is 3. The van der Waals surface area contributed by atoms with E-state index in [9.17, 15) is 0 Å². The molecule has 0 aliphatic heterocycles. The van der Waals surface area contributed by atoms with Crippen molar-refractivity contribution in [3.8, 4) is 16.9 Å². The van der Waals surface area contributed by atoms with Crippen LogP contribution in [-0.2, 0) is 0 Å². The number of para-hydroxylation sites is 2. The second kappa shape index (κ2) is 6.71. The van der Waals surface area contributed by atoms with E-state index in [1.165, 1.54) is 27.0 Å². The van der Waals surface area contributed by atoms with E-state index >= 15 is 0 Å². The monoisotopic (exact) mass is 392 g/mol. The molecule has 0 amide bonds. The highest BCUT2D eigenvalue weighted by Gasteiger charge is 2.17. The quantitative estimate of drug-likeness (QED) is 0.325. The Hall–Kier alpha value is -3.17. The van der Waals surface area contributed by atoms with Crippen molar-refractivity contribution in [3.05, 3.63) is 91.1 Å². The highest BCUT2D eigenvalue weighted by atomic mass is 28.3. The van der Waals surface area contributed by atoms with Crippen LogP contribution in [0, 0.1) is 0 Å². The van der Waals surface area contributed by atoms with Crippen molar-refractivity contribution in [1.29, 1.82) is 0 Å². The molecule has 2 heterocycles. The maximum atomic E-state index is 4.79. The summed E-state index contributed by atoms with van der Waals surface area (Å²) in [6.45, 7) is 7.06. The Labute approximate surface area is 172 Å². The fourth-order valence-electron chi connectivity index (χ4n) is 4.01. The molecular weight excluding hydrogens is 368 g/mol. The predicted molar refractivity (Wildman–Crippen MR) is 127 cm³/mol. The summed E-state index contributed by atoms with van der Waals surface area (Å²) in [6, 6.07) is 30.4. The number of hydrogen-bond donors (Lipinski definition) is 0. The van der Waals surface area contributed by atoms with E-state index in [4.69, 9.17) is 4.98 Å². The maximum Gasteiger partial charge on any atom is 0.0796 e. The van der Waals surface area contributed by atoms with Crippen LogP contribution in [0.2, 0.25) is 19.6 Å². The van der Waals surface area contributed by atoms with Crippen molar-refractivity contribution in [1.82, 2.24) is 9.55 Å². The van der Waals surface area contributed by atoms with Gasteiger partial charge in [-0.3, -0.25) is 4.98 Å². The summed E-state index contributed by atoms with van der Waals surface area (Å²) < 4.78 is 2.35. The van der Waals surface area contributed by atoms with E-state index in [0.29, 0.717) is 0 Å². The lowest BCUT2D eigenvalue weighted by molar-refractivity contribution is 1.18. The van der Waals surface area contributed by atoms with Crippen LogP contribution in [0.3, 0.4) is 0 Å². The molecular formula is C26H24N2Si. The van der Waals surface area contributed by atoms with Crippen LogP contribution in [0.15, 0.2) is 91.1 Å². The molecule has 3 aromatic carbocycles. The van der Waals surface area contributed by atoms with Gasteiger partial charge in [-0.2, -0.15) is 0 Å². The Balaban J connectivity index is 1.67. The largest absolute Gasteiger partial charge is 0.309 e. The third kappa shape index (κ3) is 3.08. The molecule has 0 saturated heterocycles. The van der Waals surface area contributed by atoms with Crippen molar-refractivity contribution < 1.29 is 0 Å². The van der Waals surface area contributed by atoms with E-state index in [0.717, 1.165) is 16.9 Å². The van der Waals surface area contributed by atoms with Crippen molar-refractivity contribution >= 4 is 35.1 Å². The molecule has 0 spiro atoms. The molecule has 0 unspecified atom stereocenters. The van der Waals surface area contributed by atoms with Crippen LogP contribution in [0.5, 0.6) is 0 Å². The Kier molecular flexibility index (Phi) is 4.14. The number of aromatic nitrogens is 2. The van der Waals surface area contributed by atoms with Gasteiger partial charge in [-0.25, -0.2) is 0 Å². The third-order valence-corrected chi connectivity index (χ3v) is 7.64. The second-order valence-electron chi connectivity index (χ2n) is 8.60. The van der Waals surface area contributed by atoms with E-state index < -0.39 is 8.07 Å². The summed E-state index contributed by atoms with van der Waals surface area (Å²) in [5.74, 6) is 0. The topological polar surface area (TPSA) is 17.8 Å². The fourth-order valence-corrected chi connectivity index (χ4v) is 5.05. The molecule has 0 fully saturated rings. The Morgan fingerprint density at radius 2 is 1.34 bits per heavy atom. The minimum absolute atomic E-state index is 1.02. The van der Waals surface area contributed by atoms with Crippen LogP contribution >= 0.6 is 0 Å². The molecule has 5 rings (SSSR count). The van der Waals surface area contributed by atoms with E-state index in [2.05, 4.69) is 115 Å². The Morgan fingerprint density at radius 3 is 1.93 bits per heavy atom. The zero-order valence-corrected chi connectivity index (χ0v) is 18.1. The molecule has 0 saturated carbocycles. The van der Waals surface area contributed by atoms with E-state index in [-0.39, 0.29) is 0 Å². The van der Waals surface area contributed by atoms with Crippen LogP contribution in [-0.4, -0.2) is 17.6 Å². The first kappa shape index (κ1) is 17.9. The van der Waals surface area contributed by atoms with Gasteiger partial charge < -0.3 is 4.57 Å². The number of pyridine rings is 1. The molecule has 3 heteroatoms. The summed E-state index contributed by atoms with van der Waals surface area (Å²) in [4.78, 5) is 4.79. The molecule has 0 atom stereocenters. The van der Waals surface area contributed by atoms with E-state index in [1.54, 1.807) is 0 Å². The zero-order chi connectivity index (χ0) is 20.0. The van der Waals surface area contributed by atoms with Crippen molar-refractivity contribution in [2.75, 3.05) is 0 Å². The van der Waals surface area contributed by atoms with Gasteiger partial charge in [0.2, 0.25) is 0 Å². The van der Waals surface area contributed by atoms with Gasteiger partial charge in [0.25, 0.3) is 0 Å². The zero-order valence-electron chi connectivity index (χ0n) is 17.1. The first-order chi connectivity index (χ1) is 14.0. The second-order valence-corrected chi connectivity index (χ2v) is 13.7. The van der Waals surface area contributed by atoms with Gasteiger partial charge in [-0.15, -0.1) is 0 Å². The lowest BCUT2D eigenvalue weighted by Crippen LogP contribution is -2.37. The minimum atomic E-state index is -1.34. The molecule has 0 N–H and O–H groups in total. The molecule has 142 valence electrons. The summed E-state index contributed by atoms with van der Waals surface area (Å²) in [7, 11) is -1.34. The van der Waals surface area contributed by atoms with Gasteiger partial charge in [0.05, 0.1) is 24.8 Å². The van der Waals surface area contributed by atoms with Gasteiger partial charge in [-0.1, -0.05) is 74.2 Å². The molecule has 29 heavy (non-hydrogen) atoms. The van der Waals surface area contributed by atoms with Gasteiger partial charge in [0.15, 0.2) is 0 Å². The molecule has 2 aromatic heterocycles. The molecule has 0 bridgehead atoms. The van der Waals surface area contributed by atoms with Crippen molar-refractivity contribution in [2.45, 2.75) is 19.6 Å². The molecule has 0 radical (unpaired) electrons. The fraction of sp³-hybridized carbons (Fsp3) is 0.115. The molecule has 0 aliphatic rings. The maximum absolute atomic E-state index is 4.79. The summed E-state index contributed by atoms with van der Waals surface area (Å²) in [5, 5.41) is 3.96. The van der Waals surface area contributed by atoms with E-state index in [1.807, 2.05) is 0 Å². The predicted octanol–water partition coefficient (Wildman–Crippen LogP) is 6.39. The summed E-state index contributed by atoms with van der Waals surface area (Å²) in [6.07, 6.45) is 2.06. The van der Waals surface area contributed by atoms with Crippen LogP contribution in [0.1, 0.15) is 0 Å². The minimum Gasteiger partial charge on any atom is -0.309 e. The molecule has 0 aliphatic carbocycles. The average molecular weight is 393 g/mol. The lowest BCUT2D eigenvalue weighted by Gasteiger charge is -2.16. The first-order valence-electron chi connectivity index (χ1n) is 10.1. The standard InChI is InChI=1S/C26H24N2Si/c1-29(2,3)21-15-16-24(27-18-21)19-9-8-10-20(17-19)28-25-13-6-4-11-22(25)23-12-5-7-14-26(23)28/h4-18H,1-3H3. The molecule has 5 aromatic rings. The number of rotatable bonds is 3. The summed E-state index contributed by atoms with van der Waals surface area (Å²) in [5.41, 5.74) is 5.79. The molecule has 2 nitrogen and oxygen atoms in total. The van der Waals surface area contributed by atoms with Gasteiger partial charge in [0, 0.05) is 28.2 Å². The highest BCUT2D eigenvalue weighted by Crippen LogP contribution is 2.32. The number of nitrogens with zero attached hydrogens (tertiary/aromatic N) is 2. The van der Waals surface area contributed by atoms with Gasteiger partial charge in [0.1, 0.15) is 0 Å². The first-order valence-corrected chi connectivity index (χ1v) is 13.6. The third-order valence-electron chi connectivity index (χ3n) is 5.61. The van der Waals surface area contributed by atoms with Crippen molar-refractivity contribution in [2.24, 2.45) is 0 Å². The smallest absolute Gasteiger partial charge is 0.0796 e. The van der Waals surface area contributed by atoms with Gasteiger partial charge >= 0.3 is 0 Å². The average Bonchev–Trinajstić information content (AvgIpc) is 3.08. The highest BCUT2D eigenvalue weighted by molar-refractivity contribution is 6.88. The van der Waals surface area contributed by atoms with Crippen molar-refractivity contribution in [3.63, 3.8) is 0 Å². The van der Waals surface area contributed by atoms with Crippen LogP contribution in [0.4, 0.5) is 0 Å². The van der Waals surface area contributed by atoms with Gasteiger partial charge in [-0.05, 0) is 35.5 Å². The number of hydrogen-bond acceptors (Lipinski definition) is 1. The number of benzene rings is 3. The van der Waals surface area contributed by atoms with Crippen LogP contribution < -0.4 is 5.19 Å². The van der Waals surface area contributed by atoms with Crippen LogP contribution in [0.25, 0.3) is 38.8 Å². The Bertz CT molecular complexity index is 1270.